The van der Waals surface area contributed by atoms with Crippen LogP contribution in [0.2, 0.25) is 0 Å². The van der Waals surface area contributed by atoms with Crippen LogP contribution in [0.5, 0.6) is 5.88 Å². The third-order valence-corrected chi connectivity index (χ3v) is 4.72. The van der Waals surface area contributed by atoms with E-state index in [2.05, 4.69) is 30.6 Å². The maximum absolute atomic E-state index is 14.2. The van der Waals surface area contributed by atoms with Crippen LogP contribution in [0.4, 0.5) is 16.0 Å². The van der Waals surface area contributed by atoms with Gasteiger partial charge >= 0.3 is 0 Å². The van der Waals surface area contributed by atoms with Gasteiger partial charge in [0.25, 0.3) is 5.95 Å². The minimum atomic E-state index is -0.610. The summed E-state index contributed by atoms with van der Waals surface area (Å²) in [5.41, 5.74) is 0.578. The highest BCUT2D eigenvalue weighted by Gasteiger charge is 2.26. The Morgan fingerprint density at radius 2 is 2.23 bits per heavy atom. The van der Waals surface area contributed by atoms with Gasteiger partial charge in [0.1, 0.15) is 5.82 Å². The van der Waals surface area contributed by atoms with Gasteiger partial charge in [-0.15, -0.1) is 10.2 Å². The second kappa shape index (κ2) is 6.87. The molecule has 9 nitrogen and oxygen atoms in total. The van der Waals surface area contributed by atoms with Crippen LogP contribution in [0.25, 0.3) is 11.2 Å². The molecule has 10 heteroatoms. The van der Waals surface area contributed by atoms with Crippen molar-refractivity contribution in [2.45, 2.75) is 25.8 Å². The van der Waals surface area contributed by atoms with E-state index in [4.69, 9.17) is 9.47 Å². The Balaban J connectivity index is 1.65. The fourth-order valence-corrected chi connectivity index (χ4v) is 3.23. The summed E-state index contributed by atoms with van der Waals surface area (Å²) in [4.78, 5) is 8.69. The molecule has 0 aliphatic carbocycles. The lowest BCUT2D eigenvalue weighted by Crippen LogP contribution is -2.25. The van der Waals surface area contributed by atoms with E-state index in [1.165, 1.54) is 13.3 Å². The van der Waals surface area contributed by atoms with Gasteiger partial charge in [0.2, 0.25) is 5.88 Å². The summed E-state index contributed by atoms with van der Waals surface area (Å²) in [6.45, 7) is 3.47. The standard InChI is InChI=1S/C16H20FN7O2/c1-9(10-3-5-26-6-4-10)24-16-14(15(17)23-24)18-8-12(20-16)19-11-7-13(25-2)22-21-11/h7-10H,3-6H2,1-2H3,(H2,19,20,21,22). The van der Waals surface area contributed by atoms with Gasteiger partial charge in [-0.2, -0.15) is 4.39 Å². The van der Waals surface area contributed by atoms with E-state index in [1.54, 1.807) is 10.7 Å². The van der Waals surface area contributed by atoms with Crippen LogP contribution in [-0.4, -0.2) is 50.3 Å². The van der Waals surface area contributed by atoms with E-state index in [9.17, 15) is 4.39 Å². The molecule has 1 saturated heterocycles. The summed E-state index contributed by atoms with van der Waals surface area (Å²) in [6.07, 6.45) is 3.30. The van der Waals surface area contributed by atoms with Crippen molar-refractivity contribution >= 4 is 22.8 Å². The molecular formula is C16H20FN7O2. The highest BCUT2D eigenvalue weighted by Crippen LogP contribution is 2.30. The number of anilines is 2. The summed E-state index contributed by atoms with van der Waals surface area (Å²) in [5.74, 6) is 1.26. The monoisotopic (exact) mass is 361 g/mol. The van der Waals surface area contributed by atoms with E-state index in [0.29, 0.717) is 29.1 Å². The van der Waals surface area contributed by atoms with Gasteiger partial charge in [0.05, 0.1) is 19.3 Å². The molecule has 0 saturated carbocycles. The molecule has 1 aliphatic rings. The van der Waals surface area contributed by atoms with Crippen molar-refractivity contribution in [3.05, 3.63) is 18.2 Å². The van der Waals surface area contributed by atoms with Crippen LogP contribution in [0, 0.1) is 11.9 Å². The van der Waals surface area contributed by atoms with E-state index < -0.39 is 5.95 Å². The number of aromatic amines is 1. The van der Waals surface area contributed by atoms with Crippen molar-refractivity contribution in [2.75, 3.05) is 25.6 Å². The summed E-state index contributed by atoms with van der Waals surface area (Å²) < 4.78 is 26.3. The molecule has 4 heterocycles. The average molecular weight is 361 g/mol. The minimum Gasteiger partial charge on any atom is -0.480 e. The average Bonchev–Trinajstić information content (AvgIpc) is 3.26. The van der Waals surface area contributed by atoms with E-state index in [1.807, 2.05) is 6.92 Å². The molecule has 1 fully saturated rings. The van der Waals surface area contributed by atoms with Crippen LogP contribution in [0.1, 0.15) is 25.8 Å². The second-order valence-electron chi connectivity index (χ2n) is 6.30. The highest BCUT2D eigenvalue weighted by molar-refractivity contribution is 5.72. The Kier molecular flexibility index (Phi) is 4.41. The zero-order chi connectivity index (χ0) is 18.1. The molecule has 1 unspecified atom stereocenters. The number of hydrogen-bond donors (Lipinski definition) is 2. The fraction of sp³-hybridized carbons (Fsp3) is 0.500. The zero-order valence-corrected chi connectivity index (χ0v) is 14.6. The first-order chi connectivity index (χ1) is 12.7. The van der Waals surface area contributed by atoms with Crippen LogP contribution in [-0.2, 0) is 4.74 Å². The van der Waals surface area contributed by atoms with E-state index in [-0.39, 0.29) is 11.6 Å². The molecule has 2 N–H and O–H groups in total. The molecular weight excluding hydrogens is 341 g/mol. The topological polar surface area (TPSA) is 103 Å². The van der Waals surface area contributed by atoms with Crippen molar-refractivity contribution in [3.8, 4) is 5.88 Å². The quantitative estimate of drug-likeness (QED) is 0.719. The van der Waals surface area contributed by atoms with Crippen molar-refractivity contribution in [2.24, 2.45) is 5.92 Å². The number of nitrogens with zero attached hydrogens (tertiary/aromatic N) is 5. The summed E-state index contributed by atoms with van der Waals surface area (Å²) >= 11 is 0. The highest BCUT2D eigenvalue weighted by atomic mass is 19.1. The first kappa shape index (κ1) is 16.7. The van der Waals surface area contributed by atoms with Gasteiger partial charge in [-0.05, 0) is 25.7 Å². The molecule has 0 radical (unpaired) electrons. The van der Waals surface area contributed by atoms with Crippen LogP contribution >= 0.6 is 0 Å². The van der Waals surface area contributed by atoms with Gasteiger partial charge < -0.3 is 14.8 Å². The normalized spacial score (nSPS) is 16.7. The third-order valence-electron chi connectivity index (χ3n) is 4.72. The number of ether oxygens (including phenoxy) is 2. The number of aromatic nitrogens is 6. The van der Waals surface area contributed by atoms with Crippen molar-refractivity contribution < 1.29 is 13.9 Å². The van der Waals surface area contributed by atoms with Crippen molar-refractivity contribution in [1.29, 1.82) is 0 Å². The van der Waals surface area contributed by atoms with E-state index in [0.717, 1.165) is 26.1 Å². The van der Waals surface area contributed by atoms with Gasteiger partial charge in [-0.25, -0.2) is 14.6 Å². The minimum absolute atomic E-state index is 0.00250. The molecule has 0 spiro atoms. The molecule has 26 heavy (non-hydrogen) atoms. The molecule has 1 atom stereocenters. The van der Waals surface area contributed by atoms with Gasteiger partial charge in [-0.1, -0.05) is 0 Å². The first-order valence-electron chi connectivity index (χ1n) is 8.50. The Morgan fingerprint density at radius 1 is 1.42 bits per heavy atom. The van der Waals surface area contributed by atoms with Crippen LogP contribution < -0.4 is 10.1 Å². The Bertz CT molecular complexity index is 903. The molecule has 4 rings (SSSR count). The lowest BCUT2D eigenvalue weighted by Gasteiger charge is -2.27. The first-order valence-corrected chi connectivity index (χ1v) is 8.50. The maximum atomic E-state index is 14.2. The maximum Gasteiger partial charge on any atom is 0.260 e. The molecule has 3 aromatic heterocycles. The molecule has 0 aromatic carbocycles. The third kappa shape index (κ3) is 3.07. The summed E-state index contributed by atoms with van der Waals surface area (Å²) in [6, 6.07) is 1.69. The van der Waals surface area contributed by atoms with Crippen molar-refractivity contribution in [3.63, 3.8) is 0 Å². The van der Waals surface area contributed by atoms with Crippen LogP contribution in [0.15, 0.2) is 12.3 Å². The summed E-state index contributed by atoms with van der Waals surface area (Å²) in [5, 5.41) is 13.8. The predicted molar refractivity (Wildman–Crippen MR) is 92.0 cm³/mol. The predicted octanol–water partition coefficient (Wildman–Crippen LogP) is 2.43. The van der Waals surface area contributed by atoms with Gasteiger partial charge in [0.15, 0.2) is 17.0 Å². The molecule has 0 amide bonds. The number of rotatable bonds is 5. The van der Waals surface area contributed by atoms with Gasteiger partial charge in [-0.3, -0.25) is 5.10 Å². The second-order valence-corrected chi connectivity index (χ2v) is 6.30. The summed E-state index contributed by atoms with van der Waals surface area (Å²) in [7, 11) is 1.53. The SMILES string of the molecule is COc1cc(Nc2cnc3c(F)nn(C(C)C4CCOCC4)c3n2)[nH]n1. The number of fused-ring (bicyclic) bond motifs is 1. The number of H-pyrrole nitrogens is 1. The molecule has 1 aliphatic heterocycles. The number of hydrogen-bond acceptors (Lipinski definition) is 7. The zero-order valence-electron chi connectivity index (χ0n) is 14.6. The lowest BCUT2D eigenvalue weighted by atomic mass is 9.93. The Hall–Kier alpha value is -2.75. The smallest absolute Gasteiger partial charge is 0.260 e. The number of methoxy groups -OCH3 is 1. The van der Waals surface area contributed by atoms with Crippen molar-refractivity contribution in [1.82, 2.24) is 29.9 Å². The molecule has 0 bridgehead atoms. The fourth-order valence-electron chi connectivity index (χ4n) is 3.23. The Morgan fingerprint density at radius 3 is 2.96 bits per heavy atom. The largest absolute Gasteiger partial charge is 0.480 e. The van der Waals surface area contributed by atoms with Gasteiger partial charge in [0, 0.05) is 19.3 Å². The van der Waals surface area contributed by atoms with Crippen LogP contribution in [0.3, 0.4) is 0 Å². The molecule has 138 valence electrons. The Labute approximate surface area is 148 Å². The molecule has 3 aromatic rings. The number of halogens is 1. The lowest BCUT2D eigenvalue weighted by molar-refractivity contribution is 0.0499. The van der Waals surface area contributed by atoms with E-state index >= 15 is 0 Å². The number of nitrogens with one attached hydrogen (secondary N) is 2.